The summed E-state index contributed by atoms with van der Waals surface area (Å²) in [4.78, 5) is 0. The van der Waals surface area contributed by atoms with E-state index >= 15 is 0 Å². The van der Waals surface area contributed by atoms with Crippen molar-refractivity contribution in [1.29, 1.82) is 0 Å². The van der Waals surface area contributed by atoms with Gasteiger partial charge in [0.2, 0.25) is 0 Å². The fraction of sp³-hybridized carbons (Fsp3) is 1.00. The highest BCUT2D eigenvalue weighted by molar-refractivity contribution is 7.86. The van der Waals surface area contributed by atoms with Crippen molar-refractivity contribution in [2.24, 2.45) is 0 Å². The fourth-order valence-electron chi connectivity index (χ4n) is 1.50. The first-order valence-electron chi connectivity index (χ1n) is 9.72. The summed E-state index contributed by atoms with van der Waals surface area (Å²) in [6.45, 7) is 6.72. The van der Waals surface area contributed by atoms with Gasteiger partial charge in [-0.2, -0.15) is 25.3 Å². The van der Waals surface area contributed by atoms with Crippen LogP contribution in [-0.2, 0) is 30.4 Å². The van der Waals surface area contributed by atoms with Gasteiger partial charge in [0.15, 0.2) is 0 Å². The third kappa shape index (κ3) is 48.3. The van der Waals surface area contributed by atoms with Gasteiger partial charge in [0, 0.05) is 0 Å². The Hall–Kier alpha value is -0.390. The van der Waals surface area contributed by atoms with E-state index in [0.29, 0.717) is 25.7 Å². The lowest BCUT2D eigenvalue weighted by Gasteiger charge is -2.14. The van der Waals surface area contributed by atoms with E-state index in [9.17, 15) is 25.3 Å². The zero-order valence-electron chi connectivity index (χ0n) is 18.6. The maximum atomic E-state index is 9.79. The number of hydrogen-bond acceptors (Lipinski definition) is 9. The molecule has 0 aliphatic rings. The highest BCUT2D eigenvalue weighted by Gasteiger charge is 2.13. The van der Waals surface area contributed by atoms with Gasteiger partial charge < -0.3 is 15.3 Å². The van der Waals surface area contributed by atoms with Crippen molar-refractivity contribution in [3.63, 3.8) is 0 Å². The SMILES string of the molecule is CCCCC(O)C(O)CO.CCCS(=O)(=O)O.CCCS(=O)(=O)O.CCCS(=O)(=O)O. The average Bonchev–Trinajstić information content (AvgIpc) is 2.57. The summed E-state index contributed by atoms with van der Waals surface area (Å²) in [5.74, 6) is -0.396. The van der Waals surface area contributed by atoms with Crippen molar-refractivity contribution >= 4 is 30.4 Å². The number of unbranched alkanes of at least 4 members (excludes halogenated alkanes) is 1. The maximum Gasteiger partial charge on any atom is 0.264 e. The molecule has 0 aliphatic heterocycles. The predicted molar refractivity (Wildman–Crippen MR) is 119 cm³/mol. The Kier molecular flexibility index (Phi) is 26.2. The molecule has 6 N–H and O–H groups in total. The Morgan fingerprint density at radius 1 is 0.581 bits per heavy atom. The van der Waals surface area contributed by atoms with Crippen molar-refractivity contribution in [3.8, 4) is 0 Å². The van der Waals surface area contributed by atoms with Gasteiger partial charge in [0.05, 0.1) is 30.0 Å². The van der Waals surface area contributed by atoms with E-state index in [4.69, 9.17) is 29.0 Å². The quantitative estimate of drug-likeness (QED) is 0.207. The largest absolute Gasteiger partial charge is 0.394 e. The molecule has 2 atom stereocenters. The van der Waals surface area contributed by atoms with E-state index in [1.54, 1.807) is 20.8 Å². The number of hydrogen-bond donors (Lipinski definition) is 6. The third-order valence-corrected chi connectivity index (χ3v) is 5.64. The molecular weight excluding hydrogens is 480 g/mol. The van der Waals surface area contributed by atoms with Gasteiger partial charge in [0.1, 0.15) is 6.10 Å². The van der Waals surface area contributed by atoms with Gasteiger partial charge in [-0.3, -0.25) is 13.7 Å². The summed E-state index contributed by atoms with van der Waals surface area (Å²) in [5.41, 5.74) is 0. The minimum absolute atomic E-state index is 0.132. The minimum atomic E-state index is -3.67. The summed E-state index contributed by atoms with van der Waals surface area (Å²) in [5, 5.41) is 26.3. The van der Waals surface area contributed by atoms with Crippen LogP contribution in [0.3, 0.4) is 0 Å². The minimum Gasteiger partial charge on any atom is -0.394 e. The maximum absolute atomic E-state index is 9.79. The van der Waals surface area contributed by atoms with Gasteiger partial charge in [-0.05, 0) is 25.7 Å². The Morgan fingerprint density at radius 2 is 0.871 bits per heavy atom. The zero-order chi connectivity index (χ0) is 25.7. The van der Waals surface area contributed by atoms with E-state index in [1.165, 1.54) is 0 Å². The lowest BCUT2D eigenvalue weighted by molar-refractivity contribution is -0.0183. The summed E-state index contributed by atoms with van der Waals surface area (Å²) in [6, 6.07) is 0. The van der Waals surface area contributed by atoms with Gasteiger partial charge in [-0.15, -0.1) is 0 Å². The van der Waals surface area contributed by atoms with Gasteiger partial charge >= 0.3 is 0 Å². The van der Waals surface area contributed by atoms with Crippen LogP contribution in [0, 0.1) is 0 Å². The molecule has 194 valence electrons. The second-order valence-electron chi connectivity index (χ2n) is 6.32. The van der Waals surface area contributed by atoms with Crippen LogP contribution < -0.4 is 0 Å². The highest BCUT2D eigenvalue weighted by atomic mass is 32.2. The molecule has 0 saturated heterocycles. The number of aliphatic hydroxyl groups excluding tert-OH is 3. The monoisotopic (exact) mass is 520 g/mol. The molecule has 0 fully saturated rings. The van der Waals surface area contributed by atoms with Gasteiger partial charge in [-0.1, -0.05) is 40.5 Å². The second kappa shape index (κ2) is 21.5. The molecule has 0 saturated carbocycles. The van der Waals surface area contributed by atoms with Gasteiger partial charge in [-0.25, -0.2) is 0 Å². The van der Waals surface area contributed by atoms with Crippen LogP contribution in [0.15, 0.2) is 0 Å². The first-order chi connectivity index (χ1) is 13.9. The zero-order valence-corrected chi connectivity index (χ0v) is 21.0. The molecular formula is C16H40O12S3. The highest BCUT2D eigenvalue weighted by Crippen LogP contribution is 2.03. The van der Waals surface area contributed by atoms with E-state index in [-0.39, 0.29) is 23.9 Å². The fourth-order valence-corrected chi connectivity index (χ4v) is 3.05. The van der Waals surface area contributed by atoms with Crippen molar-refractivity contribution in [3.05, 3.63) is 0 Å². The molecule has 0 aromatic carbocycles. The Bertz CT molecular complexity index is 607. The summed E-state index contributed by atoms with van der Waals surface area (Å²) < 4.78 is 82.7. The van der Waals surface area contributed by atoms with Crippen molar-refractivity contribution in [2.75, 3.05) is 23.9 Å². The molecule has 0 bridgehead atoms. The van der Waals surface area contributed by atoms with Crippen LogP contribution in [0.5, 0.6) is 0 Å². The van der Waals surface area contributed by atoms with Crippen LogP contribution in [0.25, 0.3) is 0 Å². The standard InChI is InChI=1S/C7H16O3.3C3H8O3S/c1-2-3-4-6(9)7(10)5-8;3*1-2-3-7(4,5)6/h6-10H,2-5H2,1H3;3*2-3H2,1H3,(H,4,5,6). The Balaban J connectivity index is -0.000000159. The van der Waals surface area contributed by atoms with E-state index in [0.717, 1.165) is 12.8 Å². The van der Waals surface area contributed by atoms with Crippen molar-refractivity contribution in [2.45, 2.75) is 78.4 Å². The number of rotatable bonds is 11. The normalized spacial score (nSPS) is 13.4. The van der Waals surface area contributed by atoms with Crippen LogP contribution in [0.2, 0.25) is 0 Å². The molecule has 0 heterocycles. The van der Waals surface area contributed by atoms with Crippen molar-refractivity contribution in [1.82, 2.24) is 0 Å². The third-order valence-electron chi connectivity index (χ3n) is 2.87. The molecule has 2 unspecified atom stereocenters. The van der Waals surface area contributed by atoms with Crippen LogP contribution >= 0.6 is 0 Å². The first kappa shape index (κ1) is 37.9. The Labute approximate surface area is 186 Å². The van der Waals surface area contributed by atoms with E-state index < -0.39 is 42.6 Å². The first-order valence-corrected chi connectivity index (χ1v) is 14.6. The van der Waals surface area contributed by atoms with Crippen LogP contribution in [0.4, 0.5) is 0 Å². The van der Waals surface area contributed by atoms with Crippen molar-refractivity contribution < 1.29 is 54.2 Å². The molecule has 0 rings (SSSR count). The number of aliphatic hydroxyl groups is 3. The molecule has 0 aromatic rings. The van der Waals surface area contributed by atoms with Crippen LogP contribution in [-0.4, -0.2) is 90.3 Å². The summed E-state index contributed by atoms with van der Waals surface area (Å²) in [6.07, 6.45) is 2.14. The smallest absolute Gasteiger partial charge is 0.264 e. The summed E-state index contributed by atoms with van der Waals surface area (Å²) >= 11 is 0. The molecule has 0 amide bonds. The lowest BCUT2D eigenvalue weighted by atomic mass is 10.1. The van der Waals surface area contributed by atoms with E-state index in [2.05, 4.69) is 0 Å². The van der Waals surface area contributed by atoms with Crippen LogP contribution in [0.1, 0.15) is 66.2 Å². The molecule has 0 aromatic heterocycles. The predicted octanol–water partition coefficient (Wildman–Crippen LogP) is 0.743. The molecule has 0 spiro atoms. The Morgan fingerprint density at radius 3 is 1.00 bits per heavy atom. The topological polar surface area (TPSA) is 224 Å². The molecule has 12 nitrogen and oxygen atoms in total. The average molecular weight is 521 g/mol. The molecule has 15 heteroatoms. The second-order valence-corrected chi connectivity index (χ2v) is 11.0. The molecule has 0 radical (unpaired) electrons. The van der Waals surface area contributed by atoms with E-state index in [1.807, 2.05) is 6.92 Å². The molecule has 0 aliphatic carbocycles. The lowest BCUT2D eigenvalue weighted by Crippen LogP contribution is -2.28. The molecule has 31 heavy (non-hydrogen) atoms. The van der Waals surface area contributed by atoms with Gasteiger partial charge in [0.25, 0.3) is 30.4 Å². The summed E-state index contributed by atoms with van der Waals surface area (Å²) in [7, 11) is -11.0.